The summed E-state index contributed by atoms with van der Waals surface area (Å²) < 4.78 is 2.04. The Bertz CT molecular complexity index is 569. The molecule has 1 aromatic rings. The van der Waals surface area contributed by atoms with Gasteiger partial charge in [0.2, 0.25) is 0 Å². The largest absolute Gasteiger partial charge is 0.351 e. The van der Waals surface area contributed by atoms with Crippen molar-refractivity contribution in [3.63, 3.8) is 0 Å². The number of urea groups is 1. The SMILES string of the molecule is Cc1cc(C(=O)CN2CCN(C(=O)N(C)C)CC2)c(C)n1C. The van der Waals surface area contributed by atoms with Crippen molar-refractivity contribution < 1.29 is 9.59 Å². The lowest BCUT2D eigenvalue weighted by Crippen LogP contribution is -2.52. The zero-order valence-corrected chi connectivity index (χ0v) is 14.2. The number of hydrogen-bond acceptors (Lipinski definition) is 3. The fourth-order valence-corrected chi connectivity index (χ4v) is 2.81. The Labute approximate surface area is 132 Å². The molecule has 0 radical (unpaired) electrons. The lowest BCUT2D eigenvalue weighted by Gasteiger charge is -2.35. The van der Waals surface area contributed by atoms with Crippen LogP contribution in [0.1, 0.15) is 21.7 Å². The Morgan fingerprint density at radius 1 is 1.14 bits per heavy atom. The third-order valence-electron chi connectivity index (χ3n) is 4.47. The summed E-state index contributed by atoms with van der Waals surface area (Å²) in [5.41, 5.74) is 2.93. The fourth-order valence-electron chi connectivity index (χ4n) is 2.81. The smallest absolute Gasteiger partial charge is 0.319 e. The van der Waals surface area contributed by atoms with Gasteiger partial charge in [-0.1, -0.05) is 0 Å². The molecule has 1 aliphatic heterocycles. The van der Waals surface area contributed by atoms with Crippen LogP contribution in [0.15, 0.2) is 6.07 Å². The molecule has 0 atom stereocenters. The van der Waals surface area contributed by atoms with E-state index in [0.29, 0.717) is 19.6 Å². The third-order valence-corrected chi connectivity index (χ3v) is 4.47. The maximum atomic E-state index is 12.5. The van der Waals surface area contributed by atoms with Crippen LogP contribution in [0.2, 0.25) is 0 Å². The maximum Gasteiger partial charge on any atom is 0.319 e. The predicted octanol–water partition coefficient (Wildman–Crippen LogP) is 1.12. The van der Waals surface area contributed by atoms with Crippen molar-refractivity contribution >= 4 is 11.8 Å². The van der Waals surface area contributed by atoms with Gasteiger partial charge in [-0.3, -0.25) is 9.69 Å². The maximum absolute atomic E-state index is 12.5. The molecule has 0 saturated carbocycles. The van der Waals surface area contributed by atoms with Crippen molar-refractivity contribution in [2.45, 2.75) is 13.8 Å². The molecule has 1 aliphatic rings. The number of carbonyl (C=O) groups is 2. The second kappa shape index (κ2) is 6.52. The average molecular weight is 306 g/mol. The van der Waals surface area contributed by atoms with Gasteiger partial charge in [0.05, 0.1) is 6.54 Å². The molecule has 0 spiro atoms. The lowest BCUT2D eigenvalue weighted by atomic mass is 10.1. The number of hydrogen-bond donors (Lipinski definition) is 0. The van der Waals surface area contributed by atoms with E-state index in [-0.39, 0.29) is 11.8 Å². The molecule has 0 aliphatic carbocycles. The normalized spacial score (nSPS) is 16.0. The average Bonchev–Trinajstić information content (AvgIpc) is 2.75. The van der Waals surface area contributed by atoms with E-state index in [1.165, 1.54) is 0 Å². The molecule has 1 saturated heterocycles. The summed E-state index contributed by atoms with van der Waals surface area (Å²) in [4.78, 5) is 29.9. The minimum Gasteiger partial charge on any atom is -0.351 e. The van der Waals surface area contributed by atoms with E-state index in [0.717, 1.165) is 30.0 Å². The van der Waals surface area contributed by atoms with Crippen LogP contribution >= 0.6 is 0 Å². The molecule has 1 fully saturated rings. The zero-order valence-electron chi connectivity index (χ0n) is 14.2. The van der Waals surface area contributed by atoms with Crippen LogP contribution in [-0.4, -0.2) is 77.9 Å². The van der Waals surface area contributed by atoms with Gasteiger partial charge >= 0.3 is 6.03 Å². The van der Waals surface area contributed by atoms with Crippen LogP contribution in [0.3, 0.4) is 0 Å². The molecule has 6 heteroatoms. The quantitative estimate of drug-likeness (QED) is 0.787. The first kappa shape index (κ1) is 16.5. The minimum absolute atomic E-state index is 0.0421. The molecule has 1 aromatic heterocycles. The number of carbonyl (C=O) groups excluding carboxylic acids is 2. The molecule has 22 heavy (non-hydrogen) atoms. The molecular weight excluding hydrogens is 280 g/mol. The first-order valence-corrected chi connectivity index (χ1v) is 7.66. The van der Waals surface area contributed by atoms with Crippen LogP contribution < -0.4 is 0 Å². The number of aromatic nitrogens is 1. The fraction of sp³-hybridized carbons (Fsp3) is 0.625. The van der Waals surface area contributed by atoms with E-state index in [4.69, 9.17) is 0 Å². The highest BCUT2D eigenvalue weighted by atomic mass is 16.2. The van der Waals surface area contributed by atoms with E-state index in [1.54, 1.807) is 19.0 Å². The monoisotopic (exact) mass is 306 g/mol. The first-order chi connectivity index (χ1) is 10.3. The number of piperazine rings is 1. The van der Waals surface area contributed by atoms with Gasteiger partial charge in [0.15, 0.2) is 5.78 Å². The molecule has 0 aromatic carbocycles. The number of nitrogens with zero attached hydrogens (tertiary/aromatic N) is 4. The molecule has 0 unspecified atom stereocenters. The van der Waals surface area contributed by atoms with E-state index < -0.39 is 0 Å². The minimum atomic E-state index is 0.0421. The molecule has 0 bridgehead atoms. The van der Waals surface area contributed by atoms with Crippen LogP contribution in [0.25, 0.3) is 0 Å². The first-order valence-electron chi connectivity index (χ1n) is 7.66. The van der Waals surface area contributed by atoms with E-state index in [9.17, 15) is 9.59 Å². The van der Waals surface area contributed by atoms with Gasteiger partial charge in [-0.2, -0.15) is 0 Å². The molecule has 122 valence electrons. The third kappa shape index (κ3) is 3.32. The molecular formula is C16H26N4O2. The van der Waals surface area contributed by atoms with Crippen LogP contribution in [0.5, 0.6) is 0 Å². The highest BCUT2D eigenvalue weighted by Gasteiger charge is 2.24. The van der Waals surface area contributed by atoms with Crippen LogP contribution in [0, 0.1) is 13.8 Å². The van der Waals surface area contributed by atoms with Gasteiger partial charge in [0.25, 0.3) is 0 Å². The number of Topliss-reactive ketones (excluding diaryl/α,β-unsaturated/α-hetero) is 1. The van der Waals surface area contributed by atoms with Gasteiger partial charge in [0.1, 0.15) is 0 Å². The van der Waals surface area contributed by atoms with Crippen LogP contribution in [0.4, 0.5) is 4.79 Å². The molecule has 2 heterocycles. The van der Waals surface area contributed by atoms with Crippen molar-refractivity contribution in [2.75, 3.05) is 46.8 Å². The summed E-state index contributed by atoms with van der Waals surface area (Å²) in [7, 11) is 5.50. The summed E-state index contributed by atoms with van der Waals surface area (Å²) in [6.45, 7) is 7.26. The number of rotatable bonds is 3. The van der Waals surface area contributed by atoms with Gasteiger partial charge < -0.3 is 14.4 Å². The van der Waals surface area contributed by atoms with Crippen molar-refractivity contribution in [2.24, 2.45) is 7.05 Å². The number of ketones is 1. The Morgan fingerprint density at radius 2 is 1.73 bits per heavy atom. The summed E-state index contributed by atoms with van der Waals surface area (Å²) in [5.74, 6) is 0.161. The van der Waals surface area contributed by atoms with Crippen molar-refractivity contribution in [3.8, 4) is 0 Å². The Balaban J connectivity index is 1.92. The molecule has 2 rings (SSSR count). The molecule has 6 nitrogen and oxygen atoms in total. The number of aryl methyl sites for hydroxylation is 1. The van der Waals surface area contributed by atoms with Crippen LogP contribution in [-0.2, 0) is 7.05 Å². The second-order valence-electron chi connectivity index (χ2n) is 6.21. The highest BCUT2D eigenvalue weighted by molar-refractivity contribution is 5.99. The number of amides is 2. The molecule has 2 amide bonds. The van der Waals surface area contributed by atoms with Gasteiger partial charge in [0, 0.05) is 64.3 Å². The Morgan fingerprint density at radius 3 is 2.18 bits per heavy atom. The van der Waals surface area contributed by atoms with Gasteiger partial charge in [-0.25, -0.2) is 4.79 Å². The van der Waals surface area contributed by atoms with Crippen molar-refractivity contribution in [1.82, 2.24) is 19.3 Å². The summed E-state index contributed by atoms with van der Waals surface area (Å²) in [5, 5.41) is 0. The summed E-state index contributed by atoms with van der Waals surface area (Å²) in [6.07, 6.45) is 0. The summed E-state index contributed by atoms with van der Waals surface area (Å²) >= 11 is 0. The van der Waals surface area contributed by atoms with Gasteiger partial charge in [-0.05, 0) is 19.9 Å². The second-order valence-corrected chi connectivity index (χ2v) is 6.21. The van der Waals surface area contributed by atoms with Crippen molar-refractivity contribution in [1.29, 1.82) is 0 Å². The topological polar surface area (TPSA) is 48.8 Å². The highest BCUT2D eigenvalue weighted by Crippen LogP contribution is 2.15. The lowest BCUT2D eigenvalue weighted by molar-refractivity contribution is 0.0862. The zero-order chi connectivity index (χ0) is 16.4. The molecule has 0 N–H and O–H groups in total. The van der Waals surface area contributed by atoms with E-state index in [1.807, 2.05) is 36.4 Å². The van der Waals surface area contributed by atoms with Crippen molar-refractivity contribution in [3.05, 3.63) is 23.0 Å². The Kier molecular flexibility index (Phi) is 4.90. The van der Waals surface area contributed by atoms with E-state index >= 15 is 0 Å². The summed E-state index contributed by atoms with van der Waals surface area (Å²) in [6, 6.07) is 2.00. The van der Waals surface area contributed by atoms with E-state index in [2.05, 4.69) is 4.90 Å². The standard InChI is InChI=1S/C16H26N4O2/c1-12-10-14(13(2)18(12)5)15(21)11-19-6-8-20(9-7-19)16(22)17(3)4/h10H,6-9,11H2,1-5H3. The predicted molar refractivity (Wildman–Crippen MR) is 86.3 cm³/mol. The van der Waals surface area contributed by atoms with Gasteiger partial charge in [-0.15, -0.1) is 0 Å². The Hall–Kier alpha value is -1.82.